The van der Waals surface area contributed by atoms with Crippen LogP contribution in [0.25, 0.3) is 21.9 Å². The topological polar surface area (TPSA) is 118 Å². The largest absolute Gasteiger partial charge is 0.421 e. The molecule has 2 saturated carbocycles. The van der Waals surface area contributed by atoms with Gasteiger partial charge in [-0.1, -0.05) is 6.42 Å². The first-order chi connectivity index (χ1) is 16.6. The van der Waals surface area contributed by atoms with Crippen molar-refractivity contribution in [2.24, 2.45) is 17.6 Å². The average molecular weight is 461 g/mol. The Bertz CT molecular complexity index is 1400. The van der Waals surface area contributed by atoms with Crippen molar-refractivity contribution in [3.05, 3.63) is 36.2 Å². The molecule has 9 nitrogen and oxygen atoms in total. The van der Waals surface area contributed by atoms with E-state index in [0.29, 0.717) is 34.8 Å². The molecule has 7 rings (SSSR count). The van der Waals surface area contributed by atoms with Gasteiger partial charge < -0.3 is 25.7 Å². The van der Waals surface area contributed by atoms with Gasteiger partial charge in [-0.05, 0) is 36.8 Å². The Kier molecular flexibility index (Phi) is 4.23. The van der Waals surface area contributed by atoms with Crippen LogP contribution in [0.2, 0.25) is 0 Å². The van der Waals surface area contributed by atoms with Gasteiger partial charge >= 0.3 is 6.01 Å². The van der Waals surface area contributed by atoms with E-state index in [1.54, 1.807) is 19.4 Å². The lowest BCUT2D eigenvalue weighted by Gasteiger charge is -2.23. The normalized spacial score (nSPS) is 23.9. The summed E-state index contributed by atoms with van der Waals surface area (Å²) in [5.41, 5.74) is 8.20. The third-order valence-corrected chi connectivity index (χ3v) is 7.64. The Balaban J connectivity index is 1.32. The minimum Gasteiger partial charge on any atom is -0.421 e. The lowest BCUT2D eigenvalue weighted by molar-refractivity contribution is 0.396. The minimum atomic E-state index is -0.320. The van der Waals surface area contributed by atoms with Crippen LogP contribution in [-0.4, -0.2) is 51.1 Å². The zero-order chi connectivity index (χ0) is 23.0. The van der Waals surface area contributed by atoms with E-state index in [4.69, 9.17) is 15.5 Å². The predicted molar refractivity (Wildman–Crippen MR) is 127 cm³/mol. The van der Waals surface area contributed by atoms with E-state index in [2.05, 4.69) is 30.2 Å². The number of anilines is 2. The molecule has 1 aromatic carbocycles. The molecule has 0 bridgehead atoms. The summed E-state index contributed by atoms with van der Waals surface area (Å²) in [6.45, 7) is 1.63. The number of hydrogen-bond acceptors (Lipinski definition) is 8. The van der Waals surface area contributed by atoms with Crippen LogP contribution in [0.5, 0.6) is 11.8 Å². The predicted octanol–water partition coefficient (Wildman–Crippen LogP) is 3.54. The Hall–Kier alpha value is -3.53. The molecule has 4 N–H and O–H groups in total. The number of fused-ring (bicyclic) bond motifs is 4. The molecular formula is C24H25FN8O. The summed E-state index contributed by atoms with van der Waals surface area (Å²) in [4.78, 5) is 23.9. The molecule has 34 heavy (non-hydrogen) atoms. The molecule has 1 saturated heterocycles. The number of nitrogens with two attached hydrogens (primary N) is 1. The Morgan fingerprint density at radius 2 is 1.91 bits per heavy atom. The Morgan fingerprint density at radius 1 is 1.15 bits per heavy atom. The van der Waals surface area contributed by atoms with Gasteiger partial charge in [0.05, 0.1) is 29.0 Å². The molecule has 3 aromatic heterocycles. The van der Waals surface area contributed by atoms with Crippen LogP contribution < -0.4 is 20.7 Å². The molecule has 174 valence electrons. The van der Waals surface area contributed by atoms with E-state index in [-0.39, 0.29) is 17.9 Å². The molecule has 0 amide bonds. The van der Waals surface area contributed by atoms with Gasteiger partial charge in [-0.2, -0.15) is 9.97 Å². The number of H-pyrrole nitrogens is 1. The number of nitrogens with one attached hydrogen (secondary N) is 2. The number of nitrogens with zero attached hydrogens (tertiary/aromatic N) is 5. The molecule has 4 aromatic rings. The summed E-state index contributed by atoms with van der Waals surface area (Å²) >= 11 is 0. The van der Waals surface area contributed by atoms with E-state index in [1.165, 1.54) is 18.6 Å². The quantitative estimate of drug-likeness (QED) is 0.414. The third kappa shape index (κ3) is 3.01. The van der Waals surface area contributed by atoms with Crippen molar-refractivity contribution in [1.82, 2.24) is 24.9 Å². The van der Waals surface area contributed by atoms with Gasteiger partial charge in [-0.25, -0.2) is 14.4 Å². The van der Waals surface area contributed by atoms with E-state index >= 15 is 0 Å². The number of benzene rings is 1. The Morgan fingerprint density at radius 3 is 2.59 bits per heavy atom. The average Bonchev–Trinajstić information content (AvgIpc) is 3.15. The minimum absolute atomic E-state index is 0.199. The summed E-state index contributed by atoms with van der Waals surface area (Å²) in [7, 11) is 1.77. The number of aromatic nitrogens is 5. The van der Waals surface area contributed by atoms with Crippen molar-refractivity contribution in [1.29, 1.82) is 0 Å². The van der Waals surface area contributed by atoms with Crippen molar-refractivity contribution in [3.8, 4) is 11.8 Å². The molecule has 0 spiro atoms. The zero-order valence-electron chi connectivity index (χ0n) is 18.8. The highest BCUT2D eigenvalue weighted by molar-refractivity contribution is 6.14. The maximum absolute atomic E-state index is 14.4. The van der Waals surface area contributed by atoms with Crippen LogP contribution in [0.1, 0.15) is 31.0 Å². The highest BCUT2D eigenvalue weighted by atomic mass is 19.1. The van der Waals surface area contributed by atoms with Gasteiger partial charge in [0, 0.05) is 37.5 Å². The summed E-state index contributed by atoms with van der Waals surface area (Å²) in [5, 5.41) is 4.58. The first kappa shape index (κ1) is 19.9. The lowest BCUT2D eigenvalue weighted by Crippen LogP contribution is -2.29. The standard InChI is InChI=1S/C24H25FN8O/c1-27-17-6-12(25)5-14-18-22(30-20(14)17)31-24(32-23(18)33-9-15-16(10-33)19(15)26)34-13-7-28-21(29-8-13)11-3-2-4-11/h5-8,11,15-16,19,27H,2-4,9-10,26H2,1H3,(H,30,31,32). The van der Waals surface area contributed by atoms with Crippen molar-refractivity contribution in [2.45, 2.75) is 31.2 Å². The van der Waals surface area contributed by atoms with Gasteiger partial charge in [-0.3, -0.25) is 0 Å². The molecule has 3 aliphatic rings. The van der Waals surface area contributed by atoms with Crippen molar-refractivity contribution >= 4 is 33.4 Å². The lowest BCUT2D eigenvalue weighted by atomic mass is 9.85. The second-order valence-electron chi connectivity index (χ2n) is 9.62. The van der Waals surface area contributed by atoms with E-state index in [0.717, 1.165) is 53.9 Å². The molecule has 2 atom stereocenters. The van der Waals surface area contributed by atoms with Crippen LogP contribution >= 0.6 is 0 Å². The number of rotatable bonds is 5. The molecule has 2 aliphatic carbocycles. The summed E-state index contributed by atoms with van der Waals surface area (Å²) in [6.07, 6.45) is 6.87. The van der Waals surface area contributed by atoms with Gasteiger partial charge in [0.15, 0.2) is 5.75 Å². The first-order valence-electron chi connectivity index (χ1n) is 11.8. The third-order valence-electron chi connectivity index (χ3n) is 7.64. The molecule has 0 radical (unpaired) electrons. The van der Waals surface area contributed by atoms with Gasteiger partial charge in [0.2, 0.25) is 0 Å². The molecule has 10 heteroatoms. The summed E-state index contributed by atoms with van der Waals surface area (Å²) in [6, 6.07) is 3.45. The van der Waals surface area contributed by atoms with Crippen LogP contribution in [-0.2, 0) is 0 Å². The highest BCUT2D eigenvalue weighted by Gasteiger charge is 2.54. The maximum Gasteiger partial charge on any atom is 0.326 e. The number of hydrogen-bond donors (Lipinski definition) is 3. The molecule has 1 aliphatic heterocycles. The molecule has 4 heterocycles. The van der Waals surface area contributed by atoms with Crippen LogP contribution in [0, 0.1) is 17.7 Å². The number of halogens is 1. The number of aromatic amines is 1. The van der Waals surface area contributed by atoms with E-state index < -0.39 is 0 Å². The van der Waals surface area contributed by atoms with Crippen molar-refractivity contribution < 1.29 is 9.13 Å². The number of ether oxygens (including phenoxy) is 1. The van der Waals surface area contributed by atoms with Crippen molar-refractivity contribution in [2.75, 3.05) is 30.4 Å². The molecule has 3 fully saturated rings. The van der Waals surface area contributed by atoms with Gasteiger partial charge in [0.1, 0.15) is 23.1 Å². The second kappa shape index (κ2) is 7.23. The van der Waals surface area contributed by atoms with E-state index in [9.17, 15) is 4.39 Å². The van der Waals surface area contributed by atoms with Gasteiger partial charge in [0.25, 0.3) is 0 Å². The van der Waals surface area contributed by atoms with E-state index in [1.807, 2.05) is 0 Å². The highest BCUT2D eigenvalue weighted by Crippen LogP contribution is 2.47. The molecule has 2 unspecified atom stereocenters. The SMILES string of the molecule is CNc1cc(F)cc2c1[nH]c1nc(Oc3cnc(C4CCC4)nc3)nc(N3CC4C(N)C4C3)c12. The Labute approximate surface area is 195 Å². The molecular weight excluding hydrogens is 435 g/mol. The van der Waals surface area contributed by atoms with Gasteiger partial charge in [-0.15, -0.1) is 0 Å². The smallest absolute Gasteiger partial charge is 0.326 e. The van der Waals surface area contributed by atoms with Crippen LogP contribution in [0.15, 0.2) is 24.5 Å². The monoisotopic (exact) mass is 460 g/mol. The first-order valence-corrected chi connectivity index (χ1v) is 11.8. The fraction of sp³-hybridized carbons (Fsp3) is 0.417. The van der Waals surface area contributed by atoms with Crippen molar-refractivity contribution in [3.63, 3.8) is 0 Å². The summed E-state index contributed by atoms with van der Waals surface area (Å²) in [5.74, 6) is 3.14. The van der Waals surface area contributed by atoms with Crippen LogP contribution in [0.4, 0.5) is 15.9 Å². The fourth-order valence-electron chi connectivity index (χ4n) is 5.40. The zero-order valence-corrected chi connectivity index (χ0v) is 18.8. The van der Waals surface area contributed by atoms with Crippen LogP contribution in [0.3, 0.4) is 0 Å². The summed E-state index contributed by atoms with van der Waals surface area (Å²) < 4.78 is 20.4. The fourth-order valence-corrected chi connectivity index (χ4v) is 5.40. The number of piperidine rings is 1. The second-order valence-corrected chi connectivity index (χ2v) is 9.62. The maximum atomic E-state index is 14.4.